The molecule has 0 aromatic carbocycles. The number of rotatable bonds is 4. The first-order valence-electron chi connectivity index (χ1n) is 5.55. The molecule has 0 rings (SSSR count). The highest BCUT2D eigenvalue weighted by molar-refractivity contribution is 14.1. The molecule has 16 heavy (non-hydrogen) atoms. The molecule has 2 heteroatoms. The molecule has 0 fully saturated rings. The second-order valence-corrected chi connectivity index (χ2v) is 6.18. The molecule has 1 N–H and O–H groups in total. The Morgan fingerprint density at radius 2 is 1.62 bits per heavy atom. The lowest BCUT2D eigenvalue weighted by atomic mass is 9.86. The number of hydrogen-bond donors (Lipinski definition) is 1. The molecule has 0 bridgehead atoms. The number of allylic oxidation sites excluding steroid dienone is 3. The summed E-state index contributed by atoms with van der Waals surface area (Å²) >= 11 is 2.18. The van der Waals surface area contributed by atoms with E-state index in [1.807, 2.05) is 6.08 Å². The van der Waals surface area contributed by atoms with Crippen molar-refractivity contribution in [2.24, 2.45) is 5.41 Å². The van der Waals surface area contributed by atoms with Crippen LogP contribution >= 0.6 is 22.9 Å². The number of halogens is 1. The van der Waals surface area contributed by atoms with Gasteiger partial charge in [0.25, 0.3) is 0 Å². The Bertz CT molecular complexity index is 303. The van der Waals surface area contributed by atoms with Gasteiger partial charge in [-0.1, -0.05) is 51.2 Å². The fourth-order valence-electron chi connectivity index (χ4n) is 1.05. The minimum absolute atomic E-state index is 0.0447. The van der Waals surface area contributed by atoms with E-state index in [4.69, 9.17) is 0 Å². The molecule has 0 aliphatic carbocycles. The summed E-state index contributed by atoms with van der Waals surface area (Å²) in [6, 6.07) is 0. The minimum atomic E-state index is -0.0447. The van der Waals surface area contributed by atoms with Gasteiger partial charge >= 0.3 is 0 Å². The average Bonchev–Trinajstić information content (AvgIpc) is 2.16. The van der Waals surface area contributed by atoms with Crippen molar-refractivity contribution in [3.63, 3.8) is 0 Å². The Kier molecular flexibility index (Phi) is 5.98. The first-order chi connectivity index (χ1) is 7.15. The summed E-state index contributed by atoms with van der Waals surface area (Å²) in [5.41, 5.74) is 2.75. The Morgan fingerprint density at radius 3 is 1.94 bits per heavy atom. The van der Waals surface area contributed by atoms with E-state index in [9.17, 15) is 0 Å². The molecule has 0 radical (unpaired) electrons. The molecule has 92 valence electrons. The molecule has 0 aliphatic heterocycles. The fourth-order valence-corrected chi connectivity index (χ4v) is 1.36. The summed E-state index contributed by atoms with van der Waals surface area (Å²) in [4.78, 5) is 0. The lowest BCUT2D eigenvalue weighted by molar-refractivity contribution is 0.504. The first-order valence-corrected chi connectivity index (χ1v) is 6.63. The van der Waals surface area contributed by atoms with Crippen LogP contribution in [0.2, 0.25) is 0 Å². The quantitative estimate of drug-likeness (QED) is 0.442. The summed E-state index contributed by atoms with van der Waals surface area (Å²) in [5, 5.41) is 0. The van der Waals surface area contributed by atoms with Crippen LogP contribution in [-0.4, -0.2) is 5.54 Å². The van der Waals surface area contributed by atoms with Gasteiger partial charge in [-0.3, -0.25) is 3.53 Å². The summed E-state index contributed by atoms with van der Waals surface area (Å²) in [7, 11) is 0. The van der Waals surface area contributed by atoms with E-state index in [-0.39, 0.29) is 11.0 Å². The van der Waals surface area contributed by atoms with Crippen molar-refractivity contribution in [2.75, 3.05) is 0 Å². The third-order valence-corrected chi connectivity index (χ3v) is 4.22. The van der Waals surface area contributed by atoms with Gasteiger partial charge < -0.3 is 0 Å². The third-order valence-electron chi connectivity index (χ3n) is 2.87. The third kappa shape index (κ3) is 4.83. The SMILES string of the molecule is C=C/C(=C\C=C(/C)C(C)(C)C)C(C)(C)NI. The highest BCUT2D eigenvalue weighted by Gasteiger charge is 2.19. The second-order valence-electron chi connectivity index (χ2n) is 5.65. The number of hydrogen-bond acceptors (Lipinski definition) is 1. The van der Waals surface area contributed by atoms with E-state index in [1.54, 1.807) is 0 Å². The van der Waals surface area contributed by atoms with Gasteiger partial charge in [-0.25, -0.2) is 0 Å². The zero-order valence-electron chi connectivity index (χ0n) is 11.3. The molecule has 0 unspecified atom stereocenters. The Hall–Kier alpha value is -0.0900. The largest absolute Gasteiger partial charge is 0.251 e. The standard InChI is InChI=1S/C14H24IN/c1-8-12(14(6,7)16-15)10-9-11(2)13(3,4)5/h8-10,16H,1H2,2-7H3/b11-9+,12-10+. The smallest absolute Gasteiger partial charge is 0.0467 e. The van der Waals surface area contributed by atoms with Crippen LogP contribution in [0.1, 0.15) is 41.5 Å². The van der Waals surface area contributed by atoms with Crippen molar-refractivity contribution in [3.8, 4) is 0 Å². The van der Waals surface area contributed by atoms with Crippen molar-refractivity contribution in [1.29, 1.82) is 0 Å². The van der Waals surface area contributed by atoms with Gasteiger partial charge in [-0.15, -0.1) is 0 Å². The summed E-state index contributed by atoms with van der Waals surface area (Å²) < 4.78 is 3.26. The Labute approximate surface area is 115 Å². The Morgan fingerprint density at radius 1 is 1.12 bits per heavy atom. The van der Waals surface area contributed by atoms with Crippen LogP contribution in [-0.2, 0) is 0 Å². The van der Waals surface area contributed by atoms with E-state index < -0.39 is 0 Å². The molecule has 0 saturated heterocycles. The van der Waals surface area contributed by atoms with Crippen molar-refractivity contribution >= 4 is 22.9 Å². The zero-order chi connectivity index (χ0) is 13.0. The van der Waals surface area contributed by atoms with Crippen molar-refractivity contribution in [3.05, 3.63) is 36.0 Å². The van der Waals surface area contributed by atoms with Gasteiger partial charge in [0.05, 0.1) is 0 Å². The first kappa shape index (κ1) is 15.9. The van der Waals surface area contributed by atoms with E-state index in [0.717, 1.165) is 0 Å². The second kappa shape index (κ2) is 6.01. The lowest BCUT2D eigenvalue weighted by Crippen LogP contribution is -2.33. The van der Waals surface area contributed by atoms with Gasteiger partial charge in [0.2, 0.25) is 0 Å². The van der Waals surface area contributed by atoms with E-state index in [0.29, 0.717) is 0 Å². The Balaban J connectivity index is 5.09. The van der Waals surface area contributed by atoms with E-state index in [2.05, 4.69) is 86.7 Å². The van der Waals surface area contributed by atoms with E-state index in [1.165, 1.54) is 11.1 Å². The molecule has 0 spiro atoms. The zero-order valence-corrected chi connectivity index (χ0v) is 13.5. The number of nitrogens with one attached hydrogen (secondary N) is 1. The maximum atomic E-state index is 3.87. The van der Waals surface area contributed by atoms with Gasteiger partial charge in [0.15, 0.2) is 0 Å². The van der Waals surface area contributed by atoms with Gasteiger partial charge in [-0.05, 0) is 31.8 Å². The van der Waals surface area contributed by atoms with Gasteiger partial charge in [0, 0.05) is 28.4 Å². The van der Waals surface area contributed by atoms with Gasteiger partial charge in [0.1, 0.15) is 0 Å². The molecule has 0 aromatic heterocycles. The molecule has 0 atom stereocenters. The van der Waals surface area contributed by atoms with Crippen molar-refractivity contribution in [2.45, 2.75) is 47.1 Å². The molecule has 0 heterocycles. The van der Waals surface area contributed by atoms with Crippen LogP contribution in [0, 0.1) is 5.41 Å². The lowest BCUT2D eigenvalue weighted by Gasteiger charge is -2.24. The highest BCUT2D eigenvalue weighted by Crippen LogP contribution is 2.25. The topological polar surface area (TPSA) is 12.0 Å². The van der Waals surface area contributed by atoms with Crippen LogP contribution in [0.25, 0.3) is 0 Å². The maximum absolute atomic E-state index is 3.87. The predicted octanol–water partition coefficient (Wildman–Crippen LogP) is 4.81. The summed E-state index contributed by atoms with van der Waals surface area (Å²) in [6.07, 6.45) is 6.25. The molecular weight excluding hydrogens is 309 g/mol. The summed E-state index contributed by atoms with van der Waals surface area (Å²) in [6.45, 7) is 17.0. The van der Waals surface area contributed by atoms with Crippen LogP contribution in [0.5, 0.6) is 0 Å². The van der Waals surface area contributed by atoms with Crippen LogP contribution in [0.15, 0.2) is 36.0 Å². The minimum Gasteiger partial charge on any atom is -0.251 e. The molecule has 0 amide bonds. The average molecular weight is 333 g/mol. The van der Waals surface area contributed by atoms with Gasteiger partial charge in [-0.2, -0.15) is 0 Å². The van der Waals surface area contributed by atoms with Crippen LogP contribution in [0.3, 0.4) is 0 Å². The van der Waals surface area contributed by atoms with Crippen LogP contribution in [0.4, 0.5) is 0 Å². The van der Waals surface area contributed by atoms with Crippen LogP contribution < -0.4 is 3.53 Å². The molecule has 0 aliphatic rings. The molecule has 0 saturated carbocycles. The monoisotopic (exact) mass is 333 g/mol. The predicted molar refractivity (Wildman–Crippen MR) is 82.7 cm³/mol. The van der Waals surface area contributed by atoms with Crippen molar-refractivity contribution < 1.29 is 0 Å². The molecule has 1 nitrogen and oxygen atoms in total. The molecular formula is C14H24IN. The summed E-state index contributed by atoms with van der Waals surface area (Å²) in [5.74, 6) is 0. The maximum Gasteiger partial charge on any atom is 0.0467 e. The fraction of sp³-hybridized carbons (Fsp3) is 0.571. The normalized spacial score (nSPS) is 15.2. The van der Waals surface area contributed by atoms with E-state index >= 15 is 0 Å². The molecule has 0 aromatic rings. The van der Waals surface area contributed by atoms with Crippen molar-refractivity contribution in [1.82, 2.24) is 3.53 Å². The highest BCUT2D eigenvalue weighted by atomic mass is 127.